The number of ether oxygens (including phenoxy) is 3. The first kappa shape index (κ1) is 19.4. The Morgan fingerprint density at radius 1 is 1.13 bits per heavy atom. The van der Waals surface area contributed by atoms with Gasteiger partial charge in [0.2, 0.25) is 6.79 Å². The van der Waals surface area contributed by atoms with Gasteiger partial charge in [-0.1, -0.05) is 6.92 Å². The monoisotopic (exact) mass is 437 g/mol. The third-order valence-electron chi connectivity index (χ3n) is 5.00. The second-order valence-electron chi connectivity index (χ2n) is 7.08. The summed E-state index contributed by atoms with van der Waals surface area (Å²) in [6.45, 7) is 2.87. The number of hydrogen-bond donors (Lipinski definition) is 1. The van der Waals surface area contributed by atoms with Gasteiger partial charge in [-0.25, -0.2) is 4.98 Å². The highest BCUT2D eigenvalue weighted by atomic mass is 32.1. The van der Waals surface area contributed by atoms with E-state index in [-0.39, 0.29) is 25.2 Å². The third kappa shape index (κ3) is 3.68. The van der Waals surface area contributed by atoms with Crippen LogP contribution in [0.2, 0.25) is 0 Å². The molecule has 1 N–H and O–H groups in total. The molecule has 0 aliphatic carbocycles. The molecule has 2 amide bonds. The van der Waals surface area contributed by atoms with Crippen molar-refractivity contribution in [2.45, 2.75) is 13.3 Å². The molecule has 3 aromatic rings. The number of nitrogens with zero attached hydrogens (tertiary/aromatic N) is 2. The molecule has 0 saturated heterocycles. The maximum atomic E-state index is 12.6. The van der Waals surface area contributed by atoms with E-state index in [4.69, 9.17) is 14.2 Å². The fourth-order valence-corrected chi connectivity index (χ4v) is 4.22. The van der Waals surface area contributed by atoms with E-state index < -0.39 is 0 Å². The van der Waals surface area contributed by atoms with Crippen molar-refractivity contribution >= 4 is 34.0 Å². The summed E-state index contributed by atoms with van der Waals surface area (Å²) in [5, 5.41) is 5.17. The molecule has 8 nitrogen and oxygen atoms in total. The summed E-state index contributed by atoms with van der Waals surface area (Å²) in [5.74, 6) is 1.53. The molecule has 31 heavy (non-hydrogen) atoms. The lowest BCUT2D eigenvalue weighted by atomic mass is 10.1. The SMILES string of the molecule is CCCN1C(=O)COc2ccc(-c3csc(NC(=O)c4ccc5c(c4)OCO5)n3)cc21. The Kier molecular flexibility index (Phi) is 4.95. The van der Waals surface area contributed by atoms with Crippen molar-refractivity contribution < 1.29 is 23.8 Å². The Labute approximate surface area is 182 Å². The van der Waals surface area contributed by atoms with E-state index >= 15 is 0 Å². The van der Waals surface area contributed by atoms with Crippen LogP contribution in [0.15, 0.2) is 41.8 Å². The first-order valence-corrected chi connectivity index (χ1v) is 10.7. The number of nitrogens with one attached hydrogen (secondary N) is 1. The number of anilines is 2. The maximum Gasteiger partial charge on any atom is 0.265 e. The van der Waals surface area contributed by atoms with Gasteiger partial charge in [0.15, 0.2) is 23.2 Å². The van der Waals surface area contributed by atoms with Crippen molar-refractivity contribution in [3.8, 4) is 28.5 Å². The van der Waals surface area contributed by atoms with Crippen molar-refractivity contribution in [2.75, 3.05) is 30.2 Å². The van der Waals surface area contributed by atoms with Gasteiger partial charge in [-0.3, -0.25) is 14.9 Å². The Bertz CT molecular complexity index is 1180. The predicted octanol–water partition coefficient (Wildman–Crippen LogP) is 3.93. The van der Waals surface area contributed by atoms with Gasteiger partial charge < -0.3 is 19.1 Å². The highest BCUT2D eigenvalue weighted by Gasteiger charge is 2.25. The second kappa shape index (κ2) is 7.92. The molecule has 9 heteroatoms. The first-order valence-electron chi connectivity index (χ1n) is 9.86. The number of rotatable bonds is 5. The highest BCUT2D eigenvalue weighted by Crippen LogP contribution is 2.37. The van der Waals surface area contributed by atoms with E-state index in [1.165, 1.54) is 11.3 Å². The lowest BCUT2D eigenvalue weighted by Gasteiger charge is -2.29. The second-order valence-corrected chi connectivity index (χ2v) is 7.93. The number of amides is 2. The average Bonchev–Trinajstić information content (AvgIpc) is 3.44. The van der Waals surface area contributed by atoms with Gasteiger partial charge in [0, 0.05) is 23.1 Å². The number of thiazole rings is 1. The van der Waals surface area contributed by atoms with Crippen LogP contribution < -0.4 is 24.4 Å². The largest absolute Gasteiger partial charge is 0.482 e. The number of carbonyl (C=O) groups excluding carboxylic acids is 2. The molecule has 0 spiro atoms. The van der Waals surface area contributed by atoms with Crippen LogP contribution in [0.25, 0.3) is 11.3 Å². The molecule has 5 rings (SSSR count). The number of carbonyl (C=O) groups is 2. The molecule has 0 unspecified atom stereocenters. The van der Waals surface area contributed by atoms with Crippen molar-refractivity contribution in [1.29, 1.82) is 0 Å². The van der Waals surface area contributed by atoms with Crippen molar-refractivity contribution in [1.82, 2.24) is 4.98 Å². The number of hydrogen-bond acceptors (Lipinski definition) is 7. The molecule has 2 aliphatic rings. The van der Waals surface area contributed by atoms with Gasteiger partial charge >= 0.3 is 0 Å². The summed E-state index contributed by atoms with van der Waals surface area (Å²) in [7, 11) is 0. The predicted molar refractivity (Wildman–Crippen MR) is 116 cm³/mol. The standard InChI is InChI=1S/C22H19N3O5S/c1-2-7-25-16-8-13(3-5-17(16)28-10-20(25)26)15-11-31-22(23-15)24-21(27)14-4-6-18-19(9-14)30-12-29-18/h3-6,8-9,11H,2,7,10,12H2,1H3,(H,23,24,27). The summed E-state index contributed by atoms with van der Waals surface area (Å²) in [6, 6.07) is 10.7. The van der Waals surface area contributed by atoms with E-state index in [0.29, 0.717) is 40.2 Å². The quantitative estimate of drug-likeness (QED) is 0.651. The highest BCUT2D eigenvalue weighted by molar-refractivity contribution is 7.14. The fraction of sp³-hybridized carbons (Fsp3) is 0.227. The number of fused-ring (bicyclic) bond motifs is 2. The van der Waals surface area contributed by atoms with Gasteiger partial charge in [0.1, 0.15) is 5.75 Å². The molecule has 2 aliphatic heterocycles. The van der Waals surface area contributed by atoms with Gasteiger partial charge in [-0.2, -0.15) is 0 Å². The van der Waals surface area contributed by atoms with Gasteiger partial charge in [-0.15, -0.1) is 11.3 Å². The minimum atomic E-state index is -0.280. The van der Waals surface area contributed by atoms with E-state index in [1.54, 1.807) is 23.1 Å². The molecule has 2 aromatic carbocycles. The van der Waals surface area contributed by atoms with Crippen LogP contribution in [-0.4, -0.2) is 36.7 Å². The average molecular weight is 437 g/mol. The summed E-state index contributed by atoms with van der Waals surface area (Å²) < 4.78 is 16.2. The lowest BCUT2D eigenvalue weighted by molar-refractivity contribution is -0.121. The van der Waals surface area contributed by atoms with E-state index in [0.717, 1.165) is 17.7 Å². The Morgan fingerprint density at radius 3 is 2.84 bits per heavy atom. The molecule has 0 fully saturated rings. The summed E-state index contributed by atoms with van der Waals surface area (Å²) in [5.41, 5.74) is 2.76. The number of benzene rings is 2. The Hall–Kier alpha value is -3.59. The van der Waals surface area contributed by atoms with Gasteiger partial charge in [-0.05, 0) is 42.8 Å². The normalized spacial score (nSPS) is 14.2. The topological polar surface area (TPSA) is 90.0 Å². The van der Waals surface area contributed by atoms with Crippen LogP contribution in [-0.2, 0) is 4.79 Å². The smallest absolute Gasteiger partial charge is 0.265 e. The number of aromatic nitrogens is 1. The molecule has 0 bridgehead atoms. The zero-order chi connectivity index (χ0) is 21.4. The van der Waals surface area contributed by atoms with Crippen LogP contribution in [0.3, 0.4) is 0 Å². The van der Waals surface area contributed by atoms with Crippen LogP contribution in [0.1, 0.15) is 23.7 Å². The molecule has 0 atom stereocenters. The van der Waals surface area contributed by atoms with Crippen LogP contribution in [0, 0.1) is 0 Å². The molecule has 158 valence electrons. The lowest BCUT2D eigenvalue weighted by Crippen LogP contribution is -2.39. The van der Waals surface area contributed by atoms with Crippen LogP contribution >= 0.6 is 11.3 Å². The zero-order valence-electron chi connectivity index (χ0n) is 16.7. The van der Waals surface area contributed by atoms with Gasteiger partial charge in [0.25, 0.3) is 11.8 Å². The summed E-state index contributed by atoms with van der Waals surface area (Å²) in [4.78, 5) is 31.1. The van der Waals surface area contributed by atoms with E-state index in [1.807, 2.05) is 30.5 Å². The van der Waals surface area contributed by atoms with Crippen LogP contribution in [0.5, 0.6) is 17.2 Å². The first-order chi connectivity index (χ1) is 15.1. The Balaban J connectivity index is 1.36. The van der Waals surface area contributed by atoms with E-state index in [9.17, 15) is 9.59 Å². The minimum Gasteiger partial charge on any atom is -0.482 e. The van der Waals surface area contributed by atoms with Gasteiger partial charge in [0.05, 0.1) is 11.4 Å². The molecule has 1 aromatic heterocycles. The van der Waals surface area contributed by atoms with Crippen LogP contribution in [0.4, 0.5) is 10.8 Å². The van der Waals surface area contributed by atoms with Crippen molar-refractivity contribution in [3.63, 3.8) is 0 Å². The summed E-state index contributed by atoms with van der Waals surface area (Å²) >= 11 is 1.33. The fourth-order valence-electron chi connectivity index (χ4n) is 3.50. The molecule has 0 saturated carbocycles. The molecule has 3 heterocycles. The maximum absolute atomic E-state index is 12.6. The van der Waals surface area contributed by atoms with E-state index in [2.05, 4.69) is 10.3 Å². The summed E-state index contributed by atoms with van der Waals surface area (Å²) in [6.07, 6.45) is 0.849. The molecular weight excluding hydrogens is 418 g/mol. The third-order valence-corrected chi connectivity index (χ3v) is 5.76. The van der Waals surface area contributed by atoms with Crippen molar-refractivity contribution in [2.24, 2.45) is 0 Å². The Morgan fingerprint density at radius 2 is 1.97 bits per heavy atom. The molecule has 0 radical (unpaired) electrons. The minimum absolute atomic E-state index is 0.0542. The zero-order valence-corrected chi connectivity index (χ0v) is 17.5. The molecular formula is C22H19N3O5S. The van der Waals surface area contributed by atoms with Crippen molar-refractivity contribution in [3.05, 3.63) is 47.3 Å².